The first-order valence-electron chi connectivity index (χ1n) is 6.37. The Morgan fingerprint density at radius 1 is 1.28 bits per heavy atom. The fraction of sp³-hybridized carbons (Fsp3) is 0.357. The summed E-state index contributed by atoms with van der Waals surface area (Å²) in [6, 6.07) is 7.66. The van der Waals surface area contributed by atoms with Crippen LogP contribution in [0.2, 0.25) is 0 Å². The van der Waals surface area contributed by atoms with Gasteiger partial charge in [0.15, 0.2) is 0 Å². The van der Waals surface area contributed by atoms with Crippen molar-refractivity contribution in [1.82, 2.24) is 15.6 Å². The van der Waals surface area contributed by atoms with Gasteiger partial charge in [-0.25, -0.2) is 0 Å². The van der Waals surface area contributed by atoms with Crippen molar-refractivity contribution in [3.05, 3.63) is 36.0 Å². The van der Waals surface area contributed by atoms with Gasteiger partial charge in [0.05, 0.1) is 0 Å². The Hall–Kier alpha value is -1.81. The van der Waals surface area contributed by atoms with Crippen molar-refractivity contribution < 1.29 is 4.79 Å². The third-order valence-electron chi connectivity index (χ3n) is 2.88. The minimum atomic E-state index is -0.00500. The molecule has 2 aromatic rings. The maximum Gasteiger partial charge on any atom is 0.251 e. The highest BCUT2D eigenvalue weighted by Crippen LogP contribution is 2.13. The molecule has 0 fully saturated rings. The Morgan fingerprint density at radius 2 is 2.17 bits per heavy atom. The lowest BCUT2D eigenvalue weighted by molar-refractivity contribution is 0.0953. The van der Waals surface area contributed by atoms with E-state index in [4.69, 9.17) is 0 Å². The molecule has 4 nitrogen and oxygen atoms in total. The summed E-state index contributed by atoms with van der Waals surface area (Å²) >= 11 is 0. The third kappa shape index (κ3) is 3.11. The normalized spacial score (nSPS) is 10.7. The quantitative estimate of drug-likeness (QED) is 0.681. The first kappa shape index (κ1) is 12.6. The number of carbonyl (C=O) groups excluding carboxylic acids is 1. The number of H-pyrrole nitrogens is 1. The van der Waals surface area contributed by atoms with E-state index in [1.54, 1.807) is 0 Å². The summed E-state index contributed by atoms with van der Waals surface area (Å²) in [7, 11) is 0. The summed E-state index contributed by atoms with van der Waals surface area (Å²) in [4.78, 5) is 15.0. The van der Waals surface area contributed by atoms with E-state index in [0.717, 1.165) is 30.4 Å². The van der Waals surface area contributed by atoms with Gasteiger partial charge in [-0.2, -0.15) is 0 Å². The van der Waals surface area contributed by atoms with Crippen molar-refractivity contribution in [3.63, 3.8) is 0 Å². The van der Waals surface area contributed by atoms with E-state index < -0.39 is 0 Å². The largest absolute Gasteiger partial charge is 0.361 e. The number of rotatable bonds is 6. The van der Waals surface area contributed by atoms with Gasteiger partial charge in [0.1, 0.15) is 0 Å². The predicted molar refractivity (Wildman–Crippen MR) is 73.8 cm³/mol. The topological polar surface area (TPSA) is 56.9 Å². The van der Waals surface area contributed by atoms with E-state index in [-0.39, 0.29) is 5.91 Å². The van der Waals surface area contributed by atoms with Crippen LogP contribution in [0.4, 0.5) is 0 Å². The first-order chi connectivity index (χ1) is 8.81. The number of benzene rings is 1. The Labute approximate surface area is 107 Å². The molecule has 0 aliphatic carbocycles. The van der Waals surface area contributed by atoms with Gasteiger partial charge in [0.25, 0.3) is 5.91 Å². The second kappa shape index (κ2) is 6.21. The second-order valence-corrected chi connectivity index (χ2v) is 4.24. The molecule has 1 aromatic heterocycles. The van der Waals surface area contributed by atoms with Crippen LogP contribution in [-0.2, 0) is 0 Å². The summed E-state index contributed by atoms with van der Waals surface area (Å²) < 4.78 is 0. The zero-order valence-corrected chi connectivity index (χ0v) is 10.6. The molecule has 0 aliphatic heterocycles. The van der Waals surface area contributed by atoms with Gasteiger partial charge >= 0.3 is 0 Å². The molecule has 1 aromatic carbocycles. The minimum absolute atomic E-state index is 0.00500. The van der Waals surface area contributed by atoms with Gasteiger partial charge in [-0.1, -0.05) is 6.92 Å². The fourth-order valence-corrected chi connectivity index (χ4v) is 1.89. The van der Waals surface area contributed by atoms with Crippen LogP contribution in [0, 0.1) is 0 Å². The highest BCUT2D eigenvalue weighted by atomic mass is 16.1. The number of aromatic nitrogens is 1. The van der Waals surface area contributed by atoms with Crippen LogP contribution in [0.3, 0.4) is 0 Å². The van der Waals surface area contributed by atoms with Crippen LogP contribution in [-0.4, -0.2) is 30.5 Å². The van der Waals surface area contributed by atoms with E-state index in [1.165, 1.54) is 0 Å². The van der Waals surface area contributed by atoms with Gasteiger partial charge in [-0.3, -0.25) is 4.79 Å². The van der Waals surface area contributed by atoms with Gasteiger partial charge in [-0.05, 0) is 43.8 Å². The van der Waals surface area contributed by atoms with E-state index in [0.29, 0.717) is 12.1 Å². The number of nitrogens with one attached hydrogen (secondary N) is 3. The summed E-state index contributed by atoms with van der Waals surface area (Å²) in [5, 5.41) is 7.22. The molecule has 0 bridgehead atoms. The highest BCUT2D eigenvalue weighted by molar-refractivity contribution is 5.98. The Bertz CT molecular complexity index is 518. The molecule has 18 heavy (non-hydrogen) atoms. The molecule has 0 saturated carbocycles. The van der Waals surface area contributed by atoms with E-state index in [2.05, 4.69) is 22.5 Å². The third-order valence-corrected chi connectivity index (χ3v) is 2.88. The van der Waals surface area contributed by atoms with Crippen LogP contribution in [0.5, 0.6) is 0 Å². The van der Waals surface area contributed by atoms with Crippen molar-refractivity contribution in [1.29, 1.82) is 0 Å². The van der Waals surface area contributed by atoms with Crippen molar-refractivity contribution in [2.45, 2.75) is 13.3 Å². The summed E-state index contributed by atoms with van der Waals surface area (Å²) in [5.74, 6) is -0.00500. The number of fused-ring (bicyclic) bond motifs is 1. The van der Waals surface area contributed by atoms with Gasteiger partial charge in [0.2, 0.25) is 0 Å². The molecule has 0 aliphatic rings. The number of hydrogen-bond donors (Lipinski definition) is 3. The van der Waals surface area contributed by atoms with Crippen LogP contribution >= 0.6 is 0 Å². The average Bonchev–Trinajstić information content (AvgIpc) is 2.85. The molecule has 1 heterocycles. The highest BCUT2D eigenvalue weighted by Gasteiger charge is 2.05. The zero-order chi connectivity index (χ0) is 12.8. The number of carbonyl (C=O) groups is 1. The number of hydrogen-bond acceptors (Lipinski definition) is 2. The van der Waals surface area contributed by atoms with Crippen LogP contribution in [0.25, 0.3) is 10.9 Å². The van der Waals surface area contributed by atoms with Crippen molar-refractivity contribution >= 4 is 16.8 Å². The van der Waals surface area contributed by atoms with Crippen molar-refractivity contribution in [2.24, 2.45) is 0 Å². The second-order valence-electron chi connectivity index (χ2n) is 4.24. The standard InChI is InChI=1S/C14H19N3O/c1-2-15-7-3-8-17-14(18)12-4-5-13-11(10-12)6-9-16-13/h4-6,9-10,15-16H,2-3,7-8H2,1H3,(H,17,18). The van der Waals surface area contributed by atoms with E-state index in [1.807, 2.05) is 30.5 Å². The summed E-state index contributed by atoms with van der Waals surface area (Å²) in [6.07, 6.45) is 2.83. The van der Waals surface area contributed by atoms with Crippen LogP contribution in [0.1, 0.15) is 23.7 Å². The SMILES string of the molecule is CCNCCCNC(=O)c1ccc2[nH]ccc2c1. The molecule has 0 unspecified atom stereocenters. The van der Waals surface area contributed by atoms with Gasteiger partial charge in [0, 0.05) is 29.2 Å². The molecular formula is C14H19N3O. The maximum absolute atomic E-state index is 11.9. The predicted octanol–water partition coefficient (Wildman–Crippen LogP) is 1.90. The Balaban J connectivity index is 1.88. The number of aromatic amines is 1. The smallest absolute Gasteiger partial charge is 0.251 e. The monoisotopic (exact) mass is 245 g/mol. The molecule has 0 saturated heterocycles. The fourth-order valence-electron chi connectivity index (χ4n) is 1.89. The molecule has 4 heteroatoms. The molecule has 0 atom stereocenters. The lowest BCUT2D eigenvalue weighted by Crippen LogP contribution is -2.27. The summed E-state index contributed by atoms with van der Waals surface area (Å²) in [6.45, 7) is 4.69. The molecular weight excluding hydrogens is 226 g/mol. The molecule has 2 rings (SSSR count). The number of amides is 1. The molecule has 0 radical (unpaired) electrons. The maximum atomic E-state index is 11.9. The van der Waals surface area contributed by atoms with E-state index >= 15 is 0 Å². The first-order valence-corrected chi connectivity index (χ1v) is 6.37. The average molecular weight is 245 g/mol. The Morgan fingerprint density at radius 3 is 3.00 bits per heavy atom. The summed E-state index contributed by atoms with van der Waals surface area (Å²) in [5.41, 5.74) is 1.77. The molecule has 3 N–H and O–H groups in total. The van der Waals surface area contributed by atoms with Crippen LogP contribution < -0.4 is 10.6 Å². The molecule has 0 spiro atoms. The van der Waals surface area contributed by atoms with Crippen molar-refractivity contribution in [3.8, 4) is 0 Å². The van der Waals surface area contributed by atoms with Crippen molar-refractivity contribution in [2.75, 3.05) is 19.6 Å². The molecule has 1 amide bonds. The van der Waals surface area contributed by atoms with E-state index in [9.17, 15) is 4.79 Å². The molecule has 96 valence electrons. The Kier molecular flexibility index (Phi) is 4.36. The van der Waals surface area contributed by atoms with Crippen LogP contribution in [0.15, 0.2) is 30.5 Å². The minimum Gasteiger partial charge on any atom is -0.361 e. The lowest BCUT2D eigenvalue weighted by atomic mass is 10.1. The van der Waals surface area contributed by atoms with Gasteiger partial charge in [-0.15, -0.1) is 0 Å². The van der Waals surface area contributed by atoms with Gasteiger partial charge < -0.3 is 15.6 Å². The zero-order valence-electron chi connectivity index (χ0n) is 10.6. The lowest BCUT2D eigenvalue weighted by Gasteiger charge is -2.05.